The number of ether oxygens (including phenoxy) is 2. The first-order valence-electron chi connectivity index (χ1n) is 8.51. The number of halogens is 1. The van der Waals surface area contributed by atoms with E-state index in [4.69, 9.17) is 26.2 Å². The Bertz CT molecular complexity index is 1100. The Kier molecular flexibility index (Phi) is 6.53. The molecule has 8 nitrogen and oxygen atoms in total. The van der Waals surface area contributed by atoms with Crippen molar-refractivity contribution in [2.24, 2.45) is 5.14 Å². The number of hydrogen-bond acceptors (Lipinski definition) is 6. The van der Waals surface area contributed by atoms with Crippen LogP contribution in [0.25, 0.3) is 0 Å². The molecule has 0 bridgehead atoms. The zero-order valence-corrected chi connectivity index (χ0v) is 16.8. The second-order valence-corrected chi connectivity index (χ2v) is 7.99. The quantitative estimate of drug-likeness (QED) is 0.429. The average Bonchev–Trinajstić information content (AvgIpc) is 3.15. The lowest BCUT2D eigenvalue weighted by Crippen LogP contribution is -2.13. The Morgan fingerprint density at radius 3 is 2.52 bits per heavy atom. The number of rotatable bonds is 8. The maximum Gasteiger partial charge on any atom is 0.341 e. The Labute approximate surface area is 172 Å². The molecule has 0 saturated heterocycles. The number of carbonyl (C=O) groups is 1. The Morgan fingerprint density at radius 1 is 1.10 bits per heavy atom. The summed E-state index contributed by atoms with van der Waals surface area (Å²) in [5.74, 6) is -0.0930. The molecule has 3 rings (SSSR count). The predicted molar refractivity (Wildman–Crippen MR) is 106 cm³/mol. The largest absolute Gasteiger partial charge is 0.490 e. The van der Waals surface area contributed by atoms with E-state index in [0.29, 0.717) is 22.9 Å². The van der Waals surface area contributed by atoms with E-state index in [9.17, 15) is 13.2 Å². The molecule has 0 spiro atoms. The molecule has 1 aromatic heterocycles. The standard InChI is InChI=1S/C19H18ClN3O5S/c20-18-4-2-1-3-14(18)12-23-13-15(11-22-23)19(24)28-10-9-27-16-5-7-17(8-6-16)29(21,25)26/h1-8,11,13H,9-10,12H2,(H2,21,25,26). The SMILES string of the molecule is NS(=O)(=O)c1ccc(OCCOC(=O)c2cnn(Cc3ccccc3Cl)c2)cc1. The van der Waals surface area contributed by atoms with Crippen molar-refractivity contribution >= 4 is 27.6 Å². The monoisotopic (exact) mass is 435 g/mol. The summed E-state index contributed by atoms with van der Waals surface area (Å²) in [6, 6.07) is 13.0. The number of nitrogens with two attached hydrogens (primary N) is 1. The van der Waals surface area contributed by atoms with Crippen molar-refractivity contribution in [1.82, 2.24) is 9.78 Å². The molecule has 0 unspecified atom stereocenters. The molecule has 0 atom stereocenters. The molecular formula is C19H18ClN3O5S. The van der Waals surface area contributed by atoms with Gasteiger partial charge in [-0.1, -0.05) is 29.8 Å². The van der Waals surface area contributed by atoms with Crippen LogP contribution in [0.3, 0.4) is 0 Å². The van der Waals surface area contributed by atoms with Crippen molar-refractivity contribution in [3.05, 3.63) is 77.1 Å². The number of benzene rings is 2. The van der Waals surface area contributed by atoms with Crippen LogP contribution in [0.15, 0.2) is 65.8 Å². The third-order valence-corrected chi connectivity index (χ3v) is 5.19. The van der Waals surface area contributed by atoms with Gasteiger partial charge < -0.3 is 9.47 Å². The second kappa shape index (κ2) is 9.08. The van der Waals surface area contributed by atoms with Crippen molar-refractivity contribution in [2.75, 3.05) is 13.2 Å². The molecule has 2 N–H and O–H groups in total. The molecule has 0 saturated carbocycles. The van der Waals surface area contributed by atoms with Crippen LogP contribution >= 0.6 is 11.6 Å². The predicted octanol–water partition coefficient (Wildman–Crippen LogP) is 2.47. The van der Waals surface area contributed by atoms with Gasteiger partial charge in [-0.3, -0.25) is 4.68 Å². The van der Waals surface area contributed by atoms with Crippen molar-refractivity contribution in [3.8, 4) is 5.75 Å². The molecule has 152 valence electrons. The highest BCUT2D eigenvalue weighted by atomic mass is 35.5. The van der Waals surface area contributed by atoms with Gasteiger partial charge in [-0.05, 0) is 35.9 Å². The number of primary sulfonamides is 1. The van der Waals surface area contributed by atoms with E-state index in [-0.39, 0.29) is 18.1 Å². The van der Waals surface area contributed by atoms with Crippen LogP contribution in [0.1, 0.15) is 15.9 Å². The normalized spacial score (nSPS) is 11.2. The minimum atomic E-state index is -3.75. The fourth-order valence-corrected chi connectivity index (χ4v) is 3.17. The maximum absolute atomic E-state index is 12.1. The minimum Gasteiger partial charge on any atom is -0.490 e. The number of nitrogens with zero attached hydrogens (tertiary/aromatic N) is 2. The summed E-state index contributed by atoms with van der Waals surface area (Å²) >= 11 is 6.13. The van der Waals surface area contributed by atoms with Gasteiger partial charge in [0.05, 0.1) is 23.2 Å². The number of esters is 1. The summed E-state index contributed by atoms with van der Waals surface area (Å²) in [7, 11) is -3.75. The van der Waals surface area contributed by atoms with Crippen molar-refractivity contribution < 1.29 is 22.7 Å². The van der Waals surface area contributed by atoms with Gasteiger partial charge in [-0.25, -0.2) is 18.4 Å². The van der Waals surface area contributed by atoms with Gasteiger partial charge in [0, 0.05) is 11.2 Å². The van der Waals surface area contributed by atoms with Crippen LogP contribution < -0.4 is 9.88 Å². The van der Waals surface area contributed by atoms with Crippen LogP contribution in [0, 0.1) is 0 Å². The van der Waals surface area contributed by atoms with E-state index in [1.165, 1.54) is 30.5 Å². The molecule has 10 heteroatoms. The van der Waals surface area contributed by atoms with Crippen LogP contribution in [-0.4, -0.2) is 37.4 Å². The van der Waals surface area contributed by atoms with Crippen LogP contribution in [-0.2, 0) is 21.3 Å². The molecule has 0 fully saturated rings. The summed E-state index contributed by atoms with van der Waals surface area (Å²) in [6.45, 7) is 0.560. The van der Waals surface area contributed by atoms with Gasteiger partial charge in [-0.15, -0.1) is 0 Å². The molecule has 2 aromatic carbocycles. The zero-order chi connectivity index (χ0) is 20.9. The maximum atomic E-state index is 12.1. The second-order valence-electron chi connectivity index (χ2n) is 6.02. The van der Waals surface area contributed by atoms with Gasteiger partial charge in [0.15, 0.2) is 0 Å². The number of aromatic nitrogens is 2. The number of carbonyl (C=O) groups excluding carboxylic acids is 1. The van der Waals surface area contributed by atoms with Crippen molar-refractivity contribution in [2.45, 2.75) is 11.4 Å². The van der Waals surface area contributed by atoms with Gasteiger partial charge >= 0.3 is 5.97 Å². The molecule has 0 radical (unpaired) electrons. The highest BCUT2D eigenvalue weighted by Gasteiger charge is 2.11. The molecule has 0 aliphatic rings. The summed E-state index contributed by atoms with van der Waals surface area (Å²) in [5.41, 5.74) is 1.20. The lowest BCUT2D eigenvalue weighted by atomic mass is 10.2. The minimum absolute atomic E-state index is 0.00919. The van der Waals surface area contributed by atoms with Gasteiger partial charge in [0.1, 0.15) is 19.0 Å². The van der Waals surface area contributed by atoms with Crippen LogP contribution in [0.5, 0.6) is 5.75 Å². The molecule has 0 amide bonds. The van der Waals surface area contributed by atoms with Gasteiger partial charge in [0.2, 0.25) is 10.0 Å². The van der Waals surface area contributed by atoms with Crippen LogP contribution in [0.2, 0.25) is 5.02 Å². The molecule has 3 aromatic rings. The van der Waals surface area contributed by atoms with E-state index >= 15 is 0 Å². The topological polar surface area (TPSA) is 114 Å². The zero-order valence-electron chi connectivity index (χ0n) is 15.2. The first kappa shape index (κ1) is 20.8. The number of hydrogen-bond donors (Lipinski definition) is 1. The molecule has 29 heavy (non-hydrogen) atoms. The molecule has 1 heterocycles. The van der Waals surface area contributed by atoms with E-state index < -0.39 is 16.0 Å². The van der Waals surface area contributed by atoms with Crippen molar-refractivity contribution in [3.63, 3.8) is 0 Å². The first-order chi connectivity index (χ1) is 13.8. The summed E-state index contributed by atoms with van der Waals surface area (Å²) in [5, 5.41) is 9.80. The summed E-state index contributed by atoms with van der Waals surface area (Å²) in [4.78, 5) is 12.1. The summed E-state index contributed by atoms with van der Waals surface area (Å²) in [6.07, 6.45) is 3.00. The van der Waals surface area contributed by atoms with E-state index in [2.05, 4.69) is 5.10 Å². The Morgan fingerprint density at radius 2 is 1.83 bits per heavy atom. The average molecular weight is 436 g/mol. The first-order valence-corrected chi connectivity index (χ1v) is 10.4. The highest BCUT2D eigenvalue weighted by molar-refractivity contribution is 7.89. The number of sulfonamides is 1. The highest BCUT2D eigenvalue weighted by Crippen LogP contribution is 2.17. The van der Waals surface area contributed by atoms with Gasteiger partial charge in [0.25, 0.3) is 0 Å². The lowest BCUT2D eigenvalue weighted by Gasteiger charge is -2.07. The molecule has 0 aliphatic heterocycles. The van der Waals surface area contributed by atoms with E-state index in [0.717, 1.165) is 5.56 Å². The third-order valence-electron chi connectivity index (χ3n) is 3.90. The molecule has 0 aliphatic carbocycles. The van der Waals surface area contributed by atoms with Crippen molar-refractivity contribution in [1.29, 1.82) is 0 Å². The smallest absolute Gasteiger partial charge is 0.341 e. The fraction of sp³-hybridized carbons (Fsp3) is 0.158. The molecular weight excluding hydrogens is 418 g/mol. The van der Waals surface area contributed by atoms with Crippen LogP contribution in [0.4, 0.5) is 0 Å². The summed E-state index contributed by atoms with van der Waals surface area (Å²) < 4.78 is 34.6. The third kappa shape index (κ3) is 5.80. The Balaban J connectivity index is 1.46. The fourth-order valence-electron chi connectivity index (χ4n) is 2.46. The lowest BCUT2D eigenvalue weighted by molar-refractivity contribution is 0.0450. The Hall–Kier alpha value is -2.88. The van der Waals surface area contributed by atoms with Gasteiger partial charge in [-0.2, -0.15) is 5.10 Å². The van der Waals surface area contributed by atoms with E-state index in [1.54, 1.807) is 16.9 Å². The van der Waals surface area contributed by atoms with E-state index in [1.807, 2.05) is 18.2 Å².